The highest BCUT2D eigenvalue weighted by Crippen LogP contribution is 2.14. The summed E-state index contributed by atoms with van der Waals surface area (Å²) in [6.07, 6.45) is 7.21. The zero-order valence-corrected chi connectivity index (χ0v) is 6.53. The third-order valence-corrected chi connectivity index (χ3v) is 1.87. The summed E-state index contributed by atoms with van der Waals surface area (Å²) in [6, 6.07) is 8.67. The van der Waals surface area contributed by atoms with E-state index in [1.807, 2.05) is 18.4 Å². The van der Waals surface area contributed by atoms with Crippen LogP contribution in [0.5, 0.6) is 0 Å². The first kappa shape index (κ1) is 7.24. The van der Waals surface area contributed by atoms with Crippen molar-refractivity contribution >= 4 is 11.8 Å². The average molecular weight is 147 g/mol. The van der Waals surface area contributed by atoms with Crippen LogP contribution in [0.1, 0.15) is 5.56 Å². The number of hydrogen-bond acceptors (Lipinski definition) is 1. The topological polar surface area (TPSA) is 0 Å². The molecule has 1 radical (unpaired) electrons. The van der Waals surface area contributed by atoms with Crippen LogP contribution in [0.15, 0.2) is 23.1 Å². The van der Waals surface area contributed by atoms with E-state index in [0.717, 1.165) is 10.5 Å². The second-order valence-corrected chi connectivity index (χ2v) is 2.69. The van der Waals surface area contributed by atoms with Gasteiger partial charge in [-0.05, 0) is 30.5 Å². The Balaban J connectivity index is 3.01. The first-order chi connectivity index (χ1) is 4.86. The molecule has 0 aliphatic carbocycles. The highest BCUT2D eigenvalue weighted by Gasteiger charge is 1.89. The number of benzene rings is 1. The number of hydrogen-bond donors (Lipinski definition) is 0. The maximum atomic E-state index is 5.19. The predicted molar refractivity (Wildman–Crippen MR) is 45.0 cm³/mol. The fourth-order valence-electron chi connectivity index (χ4n) is 0.651. The molecule has 0 fully saturated rings. The Labute approximate surface area is 65.6 Å². The van der Waals surface area contributed by atoms with Crippen molar-refractivity contribution in [1.82, 2.24) is 0 Å². The molecule has 0 bridgehead atoms. The molecule has 0 aromatic heterocycles. The Hall–Kier alpha value is -0.870. The molecule has 0 aliphatic rings. The van der Waals surface area contributed by atoms with Gasteiger partial charge in [-0.25, -0.2) is 0 Å². The van der Waals surface area contributed by atoms with Gasteiger partial charge in [0, 0.05) is 10.5 Å². The van der Waals surface area contributed by atoms with Crippen LogP contribution in [0, 0.1) is 18.4 Å². The minimum absolute atomic E-state index is 0.895. The lowest BCUT2D eigenvalue weighted by Crippen LogP contribution is -1.73. The maximum Gasteiger partial charge on any atom is 0.0259 e. The first-order valence-electron chi connectivity index (χ1n) is 2.88. The summed E-state index contributed by atoms with van der Waals surface area (Å²) < 4.78 is 0. The predicted octanol–water partition coefficient (Wildman–Crippen LogP) is 2.19. The zero-order valence-electron chi connectivity index (χ0n) is 5.72. The van der Waals surface area contributed by atoms with E-state index in [1.54, 1.807) is 17.8 Å². The van der Waals surface area contributed by atoms with Crippen molar-refractivity contribution in [2.45, 2.75) is 4.90 Å². The quantitative estimate of drug-likeness (QED) is 0.433. The molecule has 0 amide bonds. The largest absolute Gasteiger partial charge is 0.130 e. The summed E-state index contributed by atoms with van der Waals surface area (Å²) in [5, 5.41) is 0. The normalized spacial score (nSPS) is 8.80. The van der Waals surface area contributed by atoms with E-state index in [2.05, 4.69) is 12.0 Å². The first-order valence-corrected chi connectivity index (χ1v) is 4.11. The van der Waals surface area contributed by atoms with Crippen LogP contribution in [0.4, 0.5) is 0 Å². The average Bonchev–Trinajstić information content (AvgIpc) is 2.05. The molecule has 1 heteroatoms. The third kappa shape index (κ3) is 1.55. The fourth-order valence-corrected chi connectivity index (χ4v) is 1.08. The lowest BCUT2D eigenvalue weighted by molar-refractivity contribution is 1.44. The SMILES string of the molecule is C#Cc1c[c]cc(SC)c1. The van der Waals surface area contributed by atoms with Crippen LogP contribution in [0.2, 0.25) is 0 Å². The van der Waals surface area contributed by atoms with Crippen LogP contribution in [0.3, 0.4) is 0 Å². The molecule has 10 heavy (non-hydrogen) atoms. The van der Waals surface area contributed by atoms with E-state index in [4.69, 9.17) is 6.42 Å². The molecule has 0 N–H and O–H groups in total. The van der Waals surface area contributed by atoms with Gasteiger partial charge in [-0.15, -0.1) is 18.2 Å². The molecule has 1 aromatic carbocycles. The van der Waals surface area contributed by atoms with Gasteiger partial charge in [0.2, 0.25) is 0 Å². The van der Waals surface area contributed by atoms with E-state index in [0.29, 0.717) is 0 Å². The molecule has 0 saturated carbocycles. The smallest absolute Gasteiger partial charge is 0.0259 e. The standard InChI is InChI=1S/C9H7S/c1-3-8-5-4-6-9(7-8)10-2/h1,5-7H,2H3. The second kappa shape index (κ2) is 3.34. The van der Waals surface area contributed by atoms with Crippen LogP contribution in [-0.2, 0) is 0 Å². The molecule has 0 unspecified atom stereocenters. The van der Waals surface area contributed by atoms with Crippen LogP contribution < -0.4 is 0 Å². The molecule has 0 heterocycles. The van der Waals surface area contributed by atoms with Crippen molar-refractivity contribution in [3.63, 3.8) is 0 Å². The molecule has 1 rings (SSSR count). The molecular formula is C9H7S. The van der Waals surface area contributed by atoms with Crippen molar-refractivity contribution in [2.75, 3.05) is 6.26 Å². The highest BCUT2D eigenvalue weighted by atomic mass is 32.2. The van der Waals surface area contributed by atoms with Gasteiger partial charge in [-0.2, -0.15) is 0 Å². The summed E-state index contributed by atoms with van der Waals surface area (Å²) in [4.78, 5) is 1.16. The van der Waals surface area contributed by atoms with Gasteiger partial charge < -0.3 is 0 Å². The Morgan fingerprint density at radius 2 is 2.40 bits per heavy atom. The minimum Gasteiger partial charge on any atom is -0.130 e. The third-order valence-electron chi connectivity index (χ3n) is 1.16. The fraction of sp³-hybridized carbons (Fsp3) is 0.111. The van der Waals surface area contributed by atoms with Gasteiger partial charge in [-0.1, -0.05) is 5.92 Å². The van der Waals surface area contributed by atoms with Crippen molar-refractivity contribution in [3.05, 3.63) is 29.8 Å². The molecule has 0 aliphatic heterocycles. The van der Waals surface area contributed by atoms with Gasteiger partial charge in [-0.3, -0.25) is 0 Å². The van der Waals surface area contributed by atoms with Gasteiger partial charge in [0.05, 0.1) is 0 Å². The summed E-state index contributed by atoms with van der Waals surface area (Å²) in [7, 11) is 0. The van der Waals surface area contributed by atoms with E-state index in [1.165, 1.54) is 0 Å². The lowest BCUT2D eigenvalue weighted by atomic mass is 10.2. The molecular weight excluding hydrogens is 140 g/mol. The number of thioether (sulfide) groups is 1. The van der Waals surface area contributed by atoms with Gasteiger partial charge in [0.25, 0.3) is 0 Å². The summed E-state index contributed by atoms with van der Waals surface area (Å²) in [5.41, 5.74) is 0.895. The summed E-state index contributed by atoms with van der Waals surface area (Å²) in [6.45, 7) is 0. The highest BCUT2D eigenvalue weighted by molar-refractivity contribution is 7.98. The zero-order chi connectivity index (χ0) is 7.40. The number of rotatable bonds is 1. The van der Waals surface area contributed by atoms with E-state index in [9.17, 15) is 0 Å². The molecule has 0 saturated heterocycles. The van der Waals surface area contributed by atoms with Crippen molar-refractivity contribution in [3.8, 4) is 12.3 Å². The van der Waals surface area contributed by atoms with Gasteiger partial charge in [0.15, 0.2) is 0 Å². The van der Waals surface area contributed by atoms with Crippen molar-refractivity contribution in [2.24, 2.45) is 0 Å². The lowest BCUT2D eigenvalue weighted by Gasteiger charge is -1.93. The molecule has 1 aromatic rings. The Morgan fingerprint density at radius 3 is 3.00 bits per heavy atom. The molecule has 0 spiro atoms. The Bertz CT molecular complexity index is 258. The molecule has 0 atom stereocenters. The molecule has 0 nitrogen and oxygen atoms in total. The van der Waals surface area contributed by atoms with E-state index >= 15 is 0 Å². The molecule has 49 valence electrons. The summed E-state index contributed by atoms with van der Waals surface area (Å²) in [5.74, 6) is 2.56. The van der Waals surface area contributed by atoms with Gasteiger partial charge >= 0.3 is 0 Å². The number of terminal acetylenes is 1. The van der Waals surface area contributed by atoms with Gasteiger partial charge in [0.1, 0.15) is 0 Å². The second-order valence-electron chi connectivity index (χ2n) is 1.81. The Morgan fingerprint density at radius 1 is 1.60 bits per heavy atom. The summed E-state index contributed by atoms with van der Waals surface area (Å²) >= 11 is 1.67. The minimum atomic E-state index is 0.895. The van der Waals surface area contributed by atoms with Crippen LogP contribution in [0.25, 0.3) is 0 Å². The van der Waals surface area contributed by atoms with E-state index in [-0.39, 0.29) is 0 Å². The van der Waals surface area contributed by atoms with Crippen LogP contribution >= 0.6 is 11.8 Å². The van der Waals surface area contributed by atoms with Crippen molar-refractivity contribution in [1.29, 1.82) is 0 Å². The van der Waals surface area contributed by atoms with Crippen molar-refractivity contribution < 1.29 is 0 Å². The Kier molecular flexibility index (Phi) is 2.42. The monoisotopic (exact) mass is 147 g/mol. The maximum absolute atomic E-state index is 5.19. The van der Waals surface area contributed by atoms with E-state index < -0.39 is 0 Å². The van der Waals surface area contributed by atoms with Crippen LogP contribution in [-0.4, -0.2) is 6.26 Å².